The Morgan fingerprint density at radius 2 is 2.24 bits per heavy atom. The summed E-state index contributed by atoms with van der Waals surface area (Å²) in [5.74, 6) is 1.32. The molecule has 1 rings (SSSR count). The summed E-state index contributed by atoms with van der Waals surface area (Å²) >= 11 is 0. The maximum Gasteiger partial charge on any atom is 0.228 e. The molecular weight excluding hydrogens is 216 g/mol. The van der Waals surface area contributed by atoms with Crippen molar-refractivity contribution >= 4 is 5.95 Å². The van der Waals surface area contributed by atoms with Crippen LogP contribution in [0, 0.1) is 0 Å². The molecule has 0 unspecified atom stereocenters. The van der Waals surface area contributed by atoms with E-state index in [0.29, 0.717) is 24.5 Å². The van der Waals surface area contributed by atoms with Crippen LogP contribution in [0.5, 0.6) is 5.88 Å². The van der Waals surface area contributed by atoms with E-state index in [0.717, 1.165) is 13.1 Å². The van der Waals surface area contributed by atoms with Crippen molar-refractivity contribution in [3.05, 3.63) is 12.3 Å². The lowest BCUT2D eigenvalue weighted by Gasteiger charge is -2.18. The Balaban J connectivity index is 2.50. The third-order valence-electron chi connectivity index (χ3n) is 2.25. The Hall–Kier alpha value is -1.36. The summed E-state index contributed by atoms with van der Waals surface area (Å²) in [5, 5.41) is 3.36. The van der Waals surface area contributed by atoms with Gasteiger partial charge in [-0.15, -0.1) is 0 Å². The number of hydrogen-bond donors (Lipinski definition) is 1. The van der Waals surface area contributed by atoms with Gasteiger partial charge < -0.3 is 15.0 Å². The molecule has 0 spiro atoms. The van der Waals surface area contributed by atoms with E-state index in [-0.39, 0.29) is 0 Å². The van der Waals surface area contributed by atoms with Crippen LogP contribution < -0.4 is 15.0 Å². The quantitative estimate of drug-likeness (QED) is 0.776. The van der Waals surface area contributed by atoms with Gasteiger partial charge in [0, 0.05) is 38.4 Å². The van der Waals surface area contributed by atoms with E-state index < -0.39 is 0 Å². The molecule has 1 heterocycles. The molecule has 1 aromatic heterocycles. The van der Waals surface area contributed by atoms with E-state index in [2.05, 4.69) is 29.1 Å². The second-order valence-corrected chi connectivity index (χ2v) is 4.16. The summed E-state index contributed by atoms with van der Waals surface area (Å²) in [6.07, 6.45) is 1.72. The molecule has 0 radical (unpaired) electrons. The van der Waals surface area contributed by atoms with Crippen LogP contribution in [0.15, 0.2) is 12.3 Å². The molecule has 0 fully saturated rings. The Bertz CT molecular complexity index is 330. The molecule has 96 valence electrons. The molecule has 1 N–H and O–H groups in total. The van der Waals surface area contributed by atoms with Gasteiger partial charge in [-0.2, -0.15) is 4.98 Å². The first-order chi connectivity index (χ1) is 8.13. The highest BCUT2D eigenvalue weighted by molar-refractivity contribution is 5.30. The van der Waals surface area contributed by atoms with E-state index >= 15 is 0 Å². The van der Waals surface area contributed by atoms with Crippen molar-refractivity contribution in [3.63, 3.8) is 0 Å². The minimum Gasteiger partial charge on any atom is -0.478 e. The number of ether oxygens (including phenoxy) is 1. The number of anilines is 1. The SMILES string of the molecule is CCOc1ccnc(N(C)CCNC(C)C)n1. The van der Waals surface area contributed by atoms with Crippen LogP contribution >= 0.6 is 0 Å². The zero-order valence-corrected chi connectivity index (χ0v) is 11.1. The van der Waals surface area contributed by atoms with Crippen LogP contribution in [0.1, 0.15) is 20.8 Å². The van der Waals surface area contributed by atoms with Crippen molar-refractivity contribution in [1.29, 1.82) is 0 Å². The van der Waals surface area contributed by atoms with Gasteiger partial charge in [0.2, 0.25) is 11.8 Å². The van der Waals surface area contributed by atoms with Gasteiger partial charge in [0.25, 0.3) is 0 Å². The van der Waals surface area contributed by atoms with Crippen LogP contribution in [-0.2, 0) is 0 Å². The topological polar surface area (TPSA) is 50.3 Å². The minimum absolute atomic E-state index is 0.499. The van der Waals surface area contributed by atoms with Crippen LogP contribution in [0.25, 0.3) is 0 Å². The van der Waals surface area contributed by atoms with E-state index in [1.807, 2.05) is 18.9 Å². The Labute approximate surface area is 103 Å². The van der Waals surface area contributed by atoms with Gasteiger partial charge in [-0.1, -0.05) is 13.8 Å². The molecular formula is C12H22N4O. The highest BCUT2D eigenvalue weighted by atomic mass is 16.5. The summed E-state index contributed by atoms with van der Waals surface area (Å²) in [6, 6.07) is 2.27. The predicted molar refractivity (Wildman–Crippen MR) is 69.6 cm³/mol. The maximum absolute atomic E-state index is 5.35. The van der Waals surface area contributed by atoms with Crippen LogP contribution in [0.4, 0.5) is 5.95 Å². The lowest BCUT2D eigenvalue weighted by atomic mass is 10.4. The molecule has 0 aliphatic heterocycles. The van der Waals surface area contributed by atoms with Crippen molar-refractivity contribution in [1.82, 2.24) is 15.3 Å². The molecule has 0 atom stereocenters. The van der Waals surface area contributed by atoms with Crippen molar-refractivity contribution < 1.29 is 4.74 Å². The zero-order valence-electron chi connectivity index (χ0n) is 11.1. The van der Waals surface area contributed by atoms with Crippen LogP contribution in [0.2, 0.25) is 0 Å². The molecule has 0 bridgehead atoms. The lowest BCUT2D eigenvalue weighted by Crippen LogP contribution is -2.33. The van der Waals surface area contributed by atoms with E-state index in [9.17, 15) is 0 Å². The van der Waals surface area contributed by atoms with E-state index in [4.69, 9.17) is 4.74 Å². The normalized spacial score (nSPS) is 10.6. The van der Waals surface area contributed by atoms with Crippen molar-refractivity contribution in [2.45, 2.75) is 26.8 Å². The fourth-order valence-electron chi connectivity index (χ4n) is 1.37. The van der Waals surface area contributed by atoms with Gasteiger partial charge in [0.15, 0.2) is 0 Å². The van der Waals surface area contributed by atoms with Crippen LogP contribution in [0.3, 0.4) is 0 Å². The molecule has 0 amide bonds. The minimum atomic E-state index is 0.499. The molecule has 0 saturated heterocycles. The number of likely N-dealkylation sites (N-methyl/N-ethyl adjacent to an activating group) is 1. The summed E-state index contributed by atoms with van der Waals surface area (Å²) < 4.78 is 5.35. The molecule has 0 aliphatic rings. The summed E-state index contributed by atoms with van der Waals surface area (Å²) in [5.41, 5.74) is 0. The van der Waals surface area contributed by atoms with Gasteiger partial charge in [0.05, 0.1) is 6.61 Å². The Morgan fingerprint density at radius 3 is 2.88 bits per heavy atom. The molecule has 0 aliphatic carbocycles. The fourth-order valence-corrected chi connectivity index (χ4v) is 1.37. The van der Waals surface area contributed by atoms with Gasteiger partial charge in [-0.05, 0) is 6.92 Å². The Kier molecular flexibility index (Phi) is 5.69. The summed E-state index contributed by atoms with van der Waals surface area (Å²) in [7, 11) is 1.98. The molecule has 0 aromatic carbocycles. The zero-order chi connectivity index (χ0) is 12.7. The second kappa shape index (κ2) is 7.06. The molecule has 0 saturated carbocycles. The maximum atomic E-state index is 5.35. The van der Waals surface area contributed by atoms with Crippen molar-refractivity contribution in [2.24, 2.45) is 0 Å². The second-order valence-electron chi connectivity index (χ2n) is 4.16. The molecule has 17 heavy (non-hydrogen) atoms. The Morgan fingerprint density at radius 1 is 1.47 bits per heavy atom. The van der Waals surface area contributed by atoms with E-state index in [1.165, 1.54) is 0 Å². The number of nitrogens with one attached hydrogen (secondary N) is 1. The van der Waals surface area contributed by atoms with Gasteiger partial charge in [-0.3, -0.25) is 0 Å². The number of nitrogens with zero attached hydrogens (tertiary/aromatic N) is 3. The average molecular weight is 238 g/mol. The number of rotatable bonds is 7. The van der Waals surface area contributed by atoms with Crippen molar-refractivity contribution in [2.75, 3.05) is 31.6 Å². The predicted octanol–water partition coefficient (Wildman–Crippen LogP) is 1.31. The van der Waals surface area contributed by atoms with Gasteiger partial charge in [0.1, 0.15) is 0 Å². The highest BCUT2D eigenvalue weighted by Crippen LogP contribution is 2.10. The van der Waals surface area contributed by atoms with Gasteiger partial charge in [-0.25, -0.2) is 4.98 Å². The average Bonchev–Trinajstić information content (AvgIpc) is 2.29. The summed E-state index contributed by atoms with van der Waals surface area (Å²) in [4.78, 5) is 10.6. The van der Waals surface area contributed by atoms with Crippen LogP contribution in [-0.4, -0.2) is 42.8 Å². The summed E-state index contributed by atoms with van der Waals surface area (Å²) in [6.45, 7) is 8.61. The van der Waals surface area contributed by atoms with Crippen molar-refractivity contribution in [3.8, 4) is 5.88 Å². The smallest absolute Gasteiger partial charge is 0.228 e. The first kappa shape index (κ1) is 13.7. The number of aromatic nitrogens is 2. The third kappa shape index (κ3) is 4.99. The molecule has 5 heteroatoms. The first-order valence-electron chi connectivity index (χ1n) is 6.03. The van der Waals surface area contributed by atoms with Gasteiger partial charge >= 0.3 is 0 Å². The molecule has 5 nitrogen and oxygen atoms in total. The standard InChI is InChI=1S/C12H22N4O/c1-5-17-11-6-7-14-12(15-11)16(4)9-8-13-10(2)3/h6-7,10,13H,5,8-9H2,1-4H3. The van der Waals surface area contributed by atoms with E-state index in [1.54, 1.807) is 12.3 Å². The lowest BCUT2D eigenvalue weighted by molar-refractivity contribution is 0.326. The first-order valence-corrected chi connectivity index (χ1v) is 6.03. The third-order valence-corrected chi connectivity index (χ3v) is 2.25. The largest absolute Gasteiger partial charge is 0.478 e. The fraction of sp³-hybridized carbons (Fsp3) is 0.667. The molecule has 1 aromatic rings. The highest BCUT2D eigenvalue weighted by Gasteiger charge is 2.05. The number of hydrogen-bond acceptors (Lipinski definition) is 5. The monoisotopic (exact) mass is 238 g/mol.